The third kappa shape index (κ3) is 0.770. The molecule has 0 radical (unpaired) electrons. The summed E-state index contributed by atoms with van der Waals surface area (Å²) in [5.74, 6) is 1.87. The Balaban J connectivity index is 2.01. The molecule has 0 amide bonds. The molecular weight excluding hydrogens is 134 g/mol. The minimum atomic E-state index is 0.925. The molecule has 1 aliphatic heterocycles. The van der Waals surface area contributed by atoms with E-state index in [-0.39, 0.29) is 0 Å². The van der Waals surface area contributed by atoms with Crippen molar-refractivity contribution in [1.29, 1.82) is 0 Å². The van der Waals surface area contributed by atoms with E-state index in [0.717, 1.165) is 11.8 Å². The van der Waals surface area contributed by atoms with Crippen molar-refractivity contribution in [3.63, 3.8) is 0 Å². The van der Waals surface area contributed by atoms with Crippen LogP contribution in [0.15, 0.2) is 23.4 Å². The minimum Gasteiger partial charge on any atom is -0.385 e. The van der Waals surface area contributed by atoms with Crippen LogP contribution in [-0.2, 0) is 0 Å². The summed E-state index contributed by atoms with van der Waals surface area (Å²) in [5.41, 5.74) is 3.18. The monoisotopic (exact) mass is 147 g/mol. The Bertz CT molecular complexity index is 250. The molecule has 1 fully saturated rings. The molecule has 0 aromatic heterocycles. The molecule has 1 saturated carbocycles. The first kappa shape index (κ1) is 5.87. The maximum atomic E-state index is 3.47. The van der Waals surface area contributed by atoms with Gasteiger partial charge in [0.05, 0.1) is 0 Å². The molecular formula is C10H13N. The van der Waals surface area contributed by atoms with Gasteiger partial charge in [-0.25, -0.2) is 0 Å². The Morgan fingerprint density at radius 2 is 2.45 bits per heavy atom. The van der Waals surface area contributed by atoms with Gasteiger partial charge in [-0.3, -0.25) is 0 Å². The maximum absolute atomic E-state index is 3.47. The van der Waals surface area contributed by atoms with Crippen LogP contribution in [0.25, 0.3) is 0 Å². The molecule has 0 saturated heterocycles. The Hall–Kier alpha value is -0.720. The van der Waals surface area contributed by atoms with Crippen molar-refractivity contribution in [2.45, 2.75) is 19.3 Å². The van der Waals surface area contributed by atoms with Crippen LogP contribution in [0.2, 0.25) is 0 Å². The zero-order valence-corrected chi connectivity index (χ0v) is 6.64. The smallest absolute Gasteiger partial charge is 0.0332 e. The van der Waals surface area contributed by atoms with Crippen LogP contribution in [0.3, 0.4) is 0 Å². The molecule has 2 unspecified atom stereocenters. The molecule has 3 aliphatic rings. The van der Waals surface area contributed by atoms with E-state index in [9.17, 15) is 0 Å². The lowest BCUT2D eigenvalue weighted by Crippen LogP contribution is -2.22. The van der Waals surface area contributed by atoms with Crippen molar-refractivity contribution in [2.75, 3.05) is 6.54 Å². The molecule has 1 N–H and O–H groups in total. The highest BCUT2D eigenvalue weighted by Crippen LogP contribution is 2.50. The normalized spacial score (nSPS) is 39.3. The third-order valence-corrected chi connectivity index (χ3v) is 3.08. The summed E-state index contributed by atoms with van der Waals surface area (Å²) in [6, 6.07) is 0. The Morgan fingerprint density at radius 1 is 1.45 bits per heavy atom. The highest BCUT2D eigenvalue weighted by molar-refractivity contribution is 5.37. The lowest BCUT2D eigenvalue weighted by Gasteiger charge is -2.22. The van der Waals surface area contributed by atoms with Crippen LogP contribution in [0.4, 0.5) is 0 Å². The Labute approximate surface area is 67.2 Å². The number of rotatable bonds is 0. The zero-order valence-electron chi connectivity index (χ0n) is 6.64. The van der Waals surface area contributed by atoms with Crippen molar-refractivity contribution in [3.05, 3.63) is 23.4 Å². The Kier molecular flexibility index (Phi) is 1.02. The van der Waals surface area contributed by atoms with Gasteiger partial charge in [0.25, 0.3) is 0 Å². The first-order chi connectivity index (χ1) is 5.45. The lowest BCUT2D eigenvalue weighted by atomic mass is 9.95. The molecule has 0 aromatic rings. The summed E-state index contributed by atoms with van der Waals surface area (Å²) >= 11 is 0. The van der Waals surface area contributed by atoms with Gasteiger partial charge in [-0.2, -0.15) is 0 Å². The van der Waals surface area contributed by atoms with Gasteiger partial charge < -0.3 is 5.32 Å². The van der Waals surface area contributed by atoms with Crippen LogP contribution >= 0.6 is 0 Å². The van der Waals surface area contributed by atoms with Gasteiger partial charge in [0.1, 0.15) is 0 Å². The third-order valence-electron chi connectivity index (χ3n) is 3.08. The van der Waals surface area contributed by atoms with E-state index >= 15 is 0 Å². The molecule has 3 rings (SSSR count). The van der Waals surface area contributed by atoms with Crippen molar-refractivity contribution in [1.82, 2.24) is 5.32 Å². The fourth-order valence-electron chi connectivity index (χ4n) is 2.35. The number of nitrogens with one attached hydrogen (secondary N) is 1. The fraction of sp³-hybridized carbons (Fsp3) is 0.600. The quantitative estimate of drug-likeness (QED) is 0.551. The van der Waals surface area contributed by atoms with Gasteiger partial charge in [-0.15, -0.1) is 0 Å². The van der Waals surface area contributed by atoms with E-state index < -0.39 is 0 Å². The van der Waals surface area contributed by atoms with Gasteiger partial charge in [-0.05, 0) is 42.7 Å². The summed E-state index contributed by atoms with van der Waals surface area (Å²) in [7, 11) is 0. The van der Waals surface area contributed by atoms with Gasteiger partial charge in [0.15, 0.2) is 0 Å². The average Bonchev–Trinajstić information content (AvgIpc) is 2.83. The van der Waals surface area contributed by atoms with Gasteiger partial charge in [0.2, 0.25) is 0 Å². The molecule has 0 aromatic carbocycles. The van der Waals surface area contributed by atoms with Gasteiger partial charge in [0, 0.05) is 12.2 Å². The average molecular weight is 147 g/mol. The zero-order chi connectivity index (χ0) is 7.26. The molecule has 0 bridgehead atoms. The first-order valence-corrected chi connectivity index (χ1v) is 4.60. The highest BCUT2D eigenvalue weighted by Gasteiger charge is 2.41. The summed E-state index contributed by atoms with van der Waals surface area (Å²) in [5, 5.41) is 3.47. The SMILES string of the molecule is C1=CC2CC2C2=C1NCCC2. The molecule has 2 aliphatic carbocycles. The molecule has 11 heavy (non-hydrogen) atoms. The van der Waals surface area contributed by atoms with E-state index in [1.54, 1.807) is 5.57 Å². The number of allylic oxidation sites excluding steroid dienone is 3. The topological polar surface area (TPSA) is 12.0 Å². The van der Waals surface area contributed by atoms with Gasteiger partial charge in [-0.1, -0.05) is 6.08 Å². The Morgan fingerprint density at radius 3 is 3.45 bits per heavy atom. The van der Waals surface area contributed by atoms with Crippen molar-refractivity contribution in [3.8, 4) is 0 Å². The second-order valence-electron chi connectivity index (χ2n) is 3.83. The number of fused-ring (bicyclic) bond motifs is 2. The summed E-state index contributed by atoms with van der Waals surface area (Å²) in [6.07, 6.45) is 8.80. The maximum Gasteiger partial charge on any atom is 0.0332 e. The van der Waals surface area contributed by atoms with E-state index in [1.165, 1.54) is 31.5 Å². The van der Waals surface area contributed by atoms with Crippen LogP contribution < -0.4 is 5.32 Å². The summed E-state index contributed by atoms with van der Waals surface area (Å²) in [6.45, 7) is 1.18. The van der Waals surface area contributed by atoms with E-state index in [4.69, 9.17) is 0 Å². The molecule has 1 heterocycles. The minimum absolute atomic E-state index is 0.925. The van der Waals surface area contributed by atoms with Crippen LogP contribution in [0.1, 0.15) is 19.3 Å². The second kappa shape index (κ2) is 1.90. The highest BCUT2D eigenvalue weighted by atomic mass is 14.9. The van der Waals surface area contributed by atoms with E-state index in [1.807, 2.05) is 0 Å². The molecule has 58 valence electrons. The van der Waals surface area contributed by atoms with Crippen molar-refractivity contribution in [2.24, 2.45) is 11.8 Å². The second-order valence-corrected chi connectivity index (χ2v) is 3.83. The number of hydrogen-bond donors (Lipinski definition) is 1. The largest absolute Gasteiger partial charge is 0.385 e. The summed E-state index contributed by atoms with van der Waals surface area (Å²) < 4.78 is 0. The molecule has 1 nitrogen and oxygen atoms in total. The molecule has 2 atom stereocenters. The van der Waals surface area contributed by atoms with E-state index in [2.05, 4.69) is 17.5 Å². The predicted octanol–water partition coefficient (Wildman–Crippen LogP) is 1.83. The van der Waals surface area contributed by atoms with Crippen molar-refractivity contribution < 1.29 is 0 Å². The molecule has 1 heteroatoms. The number of hydrogen-bond acceptors (Lipinski definition) is 1. The lowest BCUT2D eigenvalue weighted by molar-refractivity contribution is 0.630. The van der Waals surface area contributed by atoms with Crippen LogP contribution in [0, 0.1) is 11.8 Å². The van der Waals surface area contributed by atoms with E-state index in [0.29, 0.717) is 0 Å². The van der Waals surface area contributed by atoms with Crippen LogP contribution in [0.5, 0.6) is 0 Å². The predicted molar refractivity (Wildman–Crippen MR) is 45.0 cm³/mol. The van der Waals surface area contributed by atoms with Crippen molar-refractivity contribution >= 4 is 0 Å². The molecule has 0 spiro atoms. The van der Waals surface area contributed by atoms with Gasteiger partial charge >= 0.3 is 0 Å². The first-order valence-electron chi connectivity index (χ1n) is 4.60. The fourth-order valence-corrected chi connectivity index (χ4v) is 2.35. The van der Waals surface area contributed by atoms with Crippen LogP contribution in [-0.4, -0.2) is 6.54 Å². The summed E-state index contributed by atoms with van der Waals surface area (Å²) in [4.78, 5) is 0. The standard InChI is InChI=1S/C10H13N/c1-2-8-9-6-7(9)3-4-10(8)11-5-1/h3-4,7,9,11H,1-2,5-6H2.